The summed E-state index contributed by atoms with van der Waals surface area (Å²) in [6.07, 6.45) is 0. The topological polar surface area (TPSA) is 68.1 Å². The Balaban J connectivity index is 1.89. The molecule has 126 valence electrons. The van der Waals surface area contributed by atoms with Gasteiger partial charge in [0.25, 0.3) is 0 Å². The molecule has 1 aromatic heterocycles. The predicted molar refractivity (Wildman–Crippen MR) is 101 cm³/mol. The maximum absolute atomic E-state index is 12.7. The van der Waals surface area contributed by atoms with E-state index in [1.807, 2.05) is 72.8 Å². The first-order valence-corrected chi connectivity index (χ1v) is 8.46. The highest BCUT2D eigenvalue weighted by Gasteiger charge is 2.50. The lowest BCUT2D eigenvalue weighted by atomic mass is 9.82. The van der Waals surface area contributed by atoms with Gasteiger partial charge in [0, 0.05) is 22.3 Å². The van der Waals surface area contributed by atoms with Crippen LogP contribution in [0, 0.1) is 0 Å². The number of hydrogen-bond acceptors (Lipinski definition) is 3. The molecule has 3 aromatic carbocycles. The zero-order valence-electron chi connectivity index (χ0n) is 13.9. The standard InChI is InChI=1S/C22H16N2O2/c23-18-11-5-4-10-17(18)22(16-9-3-2-8-15(16)21(25)26-22)20-13-14-7-1-6-12-19(14)24-20/h1-13,24H,23H2. The van der Waals surface area contributed by atoms with Gasteiger partial charge in [-0.05, 0) is 29.7 Å². The Hall–Kier alpha value is -3.53. The van der Waals surface area contributed by atoms with Crippen LogP contribution in [0.4, 0.5) is 5.69 Å². The van der Waals surface area contributed by atoms with E-state index in [4.69, 9.17) is 10.5 Å². The van der Waals surface area contributed by atoms with Gasteiger partial charge < -0.3 is 15.5 Å². The quantitative estimate of drug-likeness (QED) is 0.424. The van der Waals surface area contributed by atoms with E-state index in [-0.39, 0.29) is 5.97 Å². The Morgan fingerprint density at radius 3 is 2.35 bits per heavy atom. The molecule has 0 fully saturated rings. The van der Waals surface area contributed by atoms with Gasteiger partial charge in [0.15, 0.2) is 0 Å². The first-order chi connectivity index (χ1) is 12.7. The first kappa shape index (κ1) is 14.8. The van der Waals surface area contributed by atoms with Crippen LogP contribution in [0.3, 0.4) is 0 Å². The molecule has 2 heterocycles. The van der Waals surface area contributed by atoms with Crippen LogP contribution in [0.2, 0.25) is 0 Å². The minimum atomic E-state index is -1.09. The fourth-order valence-electron chi connectivity index (χ4n) is 3.84. The third-order valence-electron chi connectivity index (χ3n) is 5.02. The number of para-hydroxylation sites is 2. The summed E-state index contributed by atoms with van der Waals surface area (Å²) in [5.41, 5.74) is 9.70. The molecule has 5 rings (SSSR count). The molecular formula is C22H16N2O2. The number of rotatable bonds is 2. The lowest BCUT2D eigenvalue weighted by Crippen LogP contribution is -2.31. The number of aromatic nitrogens is 1. The van der Waals surface area contributed by atoms with Gasteiger partial charge in [0.05, 0.1) is 11.3 Å². The zero-order valence-corrected chi connectivity index (χ0v) is 13.9. The van der Waals surface area contributed by atoms with Crippen molar-refractivity contribution in [2.24, 2.45) is 0 Å². The van der Waals surface area contributed by atoms with Gasteiger partial charge in [-0.3, -0.25) is 0 Å². The normalized spacial score (nSPS) is 18.7. The van der Waals surface area contributed by atoms with Crippen LogP contribution in [0.5, 0.6) is 0 Å². The van der Waals surface area contributed by atoms with E-state index in [2.05, 4.69) is 4.98 Å². The molecule has 4 heteroatoms. The third-order valence-corrected chi connectivity index (χ3v) is 5.02. The molecule has 0 saturated heterocycles. The maximum atomic E-state index is 12.7. The highest BCUT2D eigenvalue weighted by Crippen LogP contribution is 2.48. The second kappa shape index (κ2) is 5.23. The van der Waals surface area contributed by atoms with Crippen LogP contribution in [-0.4, -0.2) is 11.0 Å². The molecule has 0 saturated carbocycles. The Kier molecular flexibility index (Phi) is 2.97. The van der Waals surface area contributed by atoms with Gasteiger partial charge in [0.2, 0.25) is 5.60 Å². The molecule has 0 bridgehead atoms. The summed E-state index contributed by atoms with van der Waals surface area (Å²) in [6, 6.07) is 25.0. The van der Waals surface area contributed by atoms with Crippen molar-refractivity contribution < 1.29 is 9.53 Å². The third kappa shape index (κ3) is 1.87. The molecule has 4 aromatic rings. The van der Waals surface area contributed by atoms with Crippen molar-refractivity contribution in [3.05, 3.63) is 101 Å². The summed E-state index contributed by atoms with van der Waals surface area (Å²) >= 11 is 0. The van der Waals surface area contributed by atoms with Crippen LogP contribution < -0.4 is 5.73 Å². The highest BCUT2D eigenvalue weighted by atomic mass is 16.6. The van der Waals surface area contributed by atoms with E-state index < -0.39 is 5.60 Å². The van der Waals surface area contributed by atoms with Gasteiger partial charge in [-0.1, -0.05) is 54.6 Å². The molecule has 1 atom stereocenters. The molecular weight excluding hydrogens is 324 g/mol. The van der Waals surface area contributed by atoms with Crippen molar-refractivity contribution in [2.45, 2.75) is 5.60 Å². The summed E-state index contributed by atoms with van der Waals surface area (Å²) < 4.78 is 6.05. The number of anilines is 1. The maximum Gasteiger partial charge on any atom is 0.340 e. The van der Waals surface area contributed by atoms with E-state index in [1.54, 1.807) is 6.07 Å². The Bertz CT molecular complexity index is 1130. The minimum absolute atomic E-state index is 0.345. The van der Waals surface area contributed by atoms with Crippen molar-refractivity contribution in [1.29, 1.82) is 0 Å². The lowest BCUT2D eigenvalue weighted by molar-refractivity contribution is 0.0243. The van der Waals surface area contributed by atoms with Crippen molar-refractivity contribution >= 4 is 22.6 Å². The number of nitrogens with one attached hydrogen (secondary N) is 1. The molecule has 1 unspecified atom stereocenters. The number of nitrogens with two attached hydrogens (primary N) is 1. The number of H-pyrrole nitrogens is 1. The minimum Gasteiger partial charge on any atom is -0.439 e. The number of nitrogen functional groups attached to an aromatic ring is 1. The Morgan fingerprint density at radius 2 is 1.54 bits per heavy atom. The van der Waals surface area contributed by atoms with Crippen LogP contribution in [0.1, 0.15) is 27.2 Å². The Morgan fingerprint density at radius 1 is 0.846 bits per heavy atom. The summed E-state index contributed by atoms with van der Waals surface area (Å²) in [7, 11) is 0. The van der Waals surface area contributed by atoms with Crippen LogP contribution in [-0.2, 0) is 10.3 Å². The SMILES string of the molecule is Nc1ccccc1C1(c2cc3ccccc3[nH]2)OC(=O)c2ccccc21. The Labute approximate surface area is 150 Å². The summed E-state index contributed by atoms with van der Waals surface area (Å²) in [5.74, 6) is -0.345. The fourth-order valence-corrected chi connectivity index (χ4v) is 3.84. The number of carbonyl (C=O) groups is 1. The van der Waals surface area contributed by atoms with Gasteiger partial charge in [-0.25, -0.2) is 4.79 Å². The molecule has 1 aliphatic rings. The van der Waals surface area contributed by atoms with Gasteiger partial charge >= 0.3 is 5.97 Å². The zero-order chi connectivity index (χ0) is 17.7. The number of ether oxygens (including phenoxy) is 1. The number of esters is 1. The number of fused-ring (bicyclic) bond motifs is 2. The fraction of sp³-hybridized carbons (Fsp3) is 0.0455. The predicted octanol–water partition coefficient (Wildman–Crippen LogP) is 4.21. The largest absolute Gasteiger partial charge is 0.439 e. The molecule has 1 aliphatic heterocycles. The molecule has 0 amide bonds. The molecule has 26 heavy (non-hydrogen) atoms. The summed E-state index contributed by atoms with van der Waals surface area (Å²) in [6.45, 7) is 0. The average molecular weight is 340 g/mol. The first-order valence-electron chi connectivity index (χ1n) is 8.46. The average Bonchev–Trinajstić information content (AvgIpc) is 3.23. The molecule has 0 radical (unpaired) electrons. The van der Waals surface area contributed by atoms with Crippen molar-refractivity contribution in [3.63, 3.8) is 0 Å². The van der Waals surface area contributed by atoms with Crippen molar-refractivity contribution in [3.8, 4) is 0 Å². The summed E-state index contributed by atoms with van der Waals surface area (Å²) in [4.78, 5) is 16.1. The van der Waals surface area contributed by atoms with Crippen LogP contribution in [0.25, 0.3) is 10.9 Å². The van der Waals surface area contributed by atoms with E-state index in [1.165, 1.54) is 0 Å². The van der Waals surface area contributed by atoms with Crippen molar-refractivity contribution in [1.82, 2.24) is 4.98 Å². The number of benzene rings is 3. The highest BCUT2D eigenvalue weighted by molar-refractivity contribution is 5.97. The lowest BCUT2D eigenvalue weighted by Gasteiger charge is -2.29. The summed E-state index contributed by atoms with van der Waals surface area (Å²) in [5, 5.41) is 1.05. The molecule has 4 nitrogen and oxygen atoms in total. The van der Waals surface area contributed by atoms with Crippen LogP contribution >= 0.6 is 0 Å². The van der Waals surface area contributed by atoms with E-state index >= 15 is 0 Å². The van der Waals surface area contributed by atoms with Gasteiger partial charge in [0.1, 0.15) is 0 Å². The van der Waals surface area contributed by atoms with E-state index in [9.17, 15) is 4.79 Å². The molecule has 3 N–H and O–H groups in total. The van der Waals surface area contributed by atoms with Gasteiger partial charge in [-0.2, -0.15) is 0 Å². The monoisotopic (exact) mass is 340 g/mol. The molecule has 0 aliphatic carbocycles. The van der Waals surface area contributed by atoms with Crippen LogP contribution in [0.15, 0.2) is 78.9 Å². The van der Waals surface area contributed by atoms with E-state index in [0.717, 1.165) is 27.7 Å². The number of carbonyl (C=O) groups excluding carboxylic acids is 1. The van der Waals surface area contributed by atoms with E-state index in [0.29, 0.717) is 11.3 Å². The number of aromatic amines is 1. The van der Waals surface area contributed by atoms with Gasteiger partial charge in [-0.15, -0.1) is 0 Å². The smallest absolute Gasteiger partial charge is 0.340 e. The second-order valence-electron chi connectivity index (χ2n) is 6.47. The number of cyclic esters (lactones) is 1. The van der Waals surface area contributed by atoms with Crippen molar-refractivity contribution in [2.75, 3.05) is 5.73 Å². The second-order valence-corrected chi connectivity index (χ2v) is 6.47. The molecule has 0 spiro atoms. The number of hydrogen-bond donors (Lipinski definition) is 2.